The number of thioether (sulfide) groups is 1. The summed E-state index contributed by atoms with van der Waals surface area (Å²) in [4.78, 5) is 14.7. The van der Waals surface area contributed by atoms with Crippen molar-refractivity contribution in [1.29, 1.82) is 0 Å². The van der Waals surface area contributed by atoms with Gasteiger partial charge in [0.2, 0.25) is 0 Å². The molecule has 4 nitrogen and oxygen atoms in total. The largest absolute Gasteiger partial charge is 0.497 e. The number of methoxy groups -OCH3 is 2. The maximum atomic E-state index is 13.9. The Morgan fingerprint density at radius 3 is 2.68 bits per heavy atom. The summed E-state index contributed by atoms with van der Waals surface area (Å²) < 4.78 is 24.6. The summed E-state index contributed by atoms with van der Waals surface area (Å²) in [6.07, 6.45) is 0. The second-order valence-electron chi connectivity index (χ2n) is 5.79. The number of ether oxygens (including phenoxy) is 2. The normalized spacial score (nSPS) is 16.8. The molecule has 3 rings (SSSR count). The fourth-order valence-electron chi connectivity index (χ4n) is 2.86. The minimum atomic E-state index is -0.367. The summed E-state index contributed by atoms with van der Waals surface area (Å²) in [5, 5.41) is -0.193. The second kappa shape index (κ2) is 7.35. The SMILES string of the molecule is COc1ccc(OC)c(C2SCCN2C(=O)c2ccc(C)c(F)c2)c1. The summed E-state index contributed by atoms with van der Waals surface area (Å²) in [7, 11) is 3.21. The lowest BCUT2D eigenvalue weighted by Gasteiger charge is -2.26. The third-order valence-electron chi connectivity index (χ3n) is 4.27. The van der Waals surface area contributed by atoms with E-state index in [9.17, 15) is 9.18 Å². The van der Waals surface area contributed by atoms with Gasteiger partial charge >= 0.3 is 0 Å². The lowest BCUT2D eigenvalue weighted by atomic mass is 10.1. The molecule has 1 aliphatic rings. The molecule has 2 aromatic rings. The number of rotatable bonds is 4. The summed E-state index contributed by atoms with van der Waals surface area (Å²) in [6.45, 7) is 2.28. The lowest BCUT2D eigenvalue weighted by molar-refractivity contribution is 0.0758. The maximum absolute atomic E-state index is 13.9. The molecule has 0 spiro atoms. The van der Waals surface area contributed by atoms with Crippen molar-refractivity contribution in [2.75, 3.05) is 26.5 Å². The van der Waals surface area contributed by atoms with Gasteiger partial charge in [-0.05, 0) is 42.8 Å². The van der Waals surface area contributed by atoms with Gasteiger partial charge in [-0.15, -0.1) is 11.8 Å². The Morgan fingerprint density at radius 1 is 1.20 bits per heavy atom. The molecule has 2 aromatic carbocycles. The van der Waals surface area contributed by atoms with Crippen molar-refractivity contribution in [3.63, 3.8) is 0 Å². The van der Waals surface area contributed by atoms with Crippen LogP contribution in [0.25, 0.3) is 0 Å². The van der Waals surface area contributed by atoms with E-state index >= 15 is 0 Å². The molecule has 6 heteroatoms. The summed E-state index contributed by atoms with van der Waals surface area (Å²) in [5.74, 6) is 1.67. The Bertz CT molecular complexity index is 796. The molecule has 1 saturated heterocycles. The Morgan fingerprint density at radius 2 is 2.00 bits per heavy atom. The first-order chi connectivity index (χ1) is 12.0. The van der Waals surface area contributed by atoms with Crippen molar-refractivity contribution >= 4 is 17.7 Å². The van der Waals surface area contributed by atoms with Crippen LogP contribution >= 0.6 is 11.8 Å². The van der Waals surface area contributed by atoms with E-state index in [0.29, 0.717) is 29.2 Å². The standard InChI is InChI=1S/C19H20FNO3S/c1-12-4-5-13(10-16(12)20)18(22)21-8-9-25-19(21)15-11-14(23-2)6-7-17(15)24-3/h4-7,10-11,19H,8-9H2,1-3H3. The van der Waals surface area contributed by atoms with Crippen LogP contribution in [-0.4, -0.2) is 37.3 Å². The first kappa shape index (κ1) is 17.6. The summed E-state index contributed by atoms with van der Waals surface area (Å²) in [6, 6.07) is 10.2. The van der Waals surface area contributed by atoms with E-state index in [-0.39, 0.29) is 17.1 Å². The van der Waals surface area contributed by atoms with Crippen LogP contribution < -0.4 is 9.47 Å². The zero-order chi connectivity index (χ0) is 18.0. The molecule has 0 saturated carbocycles. The van der Waals surface area contributed by atoms with Crippen molar-refractivity contribution in [2.24, 2.45) is 0 Å². The van der Waals surface area contributed by atoms with E-state index in [1.54, 1.807) is 49.9 Å². The van der Waals surface area contributed by atoms with Crippen molar-refractivity contribution < 1.29 is 18.7 Å². The highest BCUT2D eigenvalue weighted by Gasteiger charge is 2.33. The van der Waals surface area contributed by atoms with Gasteiger partial charge in [0.15, 0.2) is 0 Å². The average molecular weight is 361 g/mol. The van der Waals surface area contributed by atoms with Crippen molar-refractivity contribution in [3.8, 4) is 11.5 Å². The van der Waals surface area contributed by atoms with Crippen LogP contribution in [0.1, 0.15) is 26.9 Å². The highest BCUT2D eigenvalue weighted by atomic mass is 32.2. The monoisotopic (exact) mass is 361 g/mol. The Labute approximate surface area is 150 Å². The van der Waals surface area contributed by atoms with Gasteiger partial charge in [0, 0.05) is 23.4 Å². The first-order valence-corrected chi connectivity index (χ1v) is 9.00. The molecule has 1 heterocycles. The van der Waals surface area contributed by atoms with Crippen molar-refractivity contribution in [3.05, 3.63) is 58.9 Å². The fraction of sp³-hybridized carbons (Fsp3) is 0.316. The molecule has 132 valence electrons. The molecule has 0 radical (unpaired) electrons. The Balaban J connectivity index is 1.95. The summed E-state index contributed by atoms with van der Waals surface area (Å²) in [5.41, 5.74) is 1.76. The van der Waals surface area contributed by atoms with Crippen LogP contribution in [0.2, 0.25) is 0 Å². The molecular formula is C19H20FNO3S. The molecule has 0 aliphatic carbocycles. The van der Waals surface area contributed by atoms with E-state index in [4.69, 9.17) is 9.47 Å². The molecule has 25 heavy (non-hydrogen) atoms. The Hall–Kier alpha value is -2.21. The first-order valence-electron chi connectivity index (χ1n) is 7.96. The highest BCUT2D eigenvalue weighted by Crippen LogP contribution is 2.43. The predicted molar refractivity (Wildman–Crippen MR) is 96.9 cm³/mol. The molecule has 0 aromatic heterocycles. The average Bonchev–Trinajstić information content (AvgIpc) is 3.12. The number of carbonyl (C=O) groups is 1. The zero-order valence-electron chi connectivity index (χ0n) is 14.4. The molecule has 1 unspecified atom stereocenters. The number of hydrogen-bond acceptors (Lipinski definition) is 4. The zero-order valence-corrected chi connectivity index (χ0v) is 15.2. The van der Waals surface area contributed by atoms with E-state index in [1.165, 1.54) is 6.07 Å². The van der Waals surface area contributed by atoms with Gasteiger partial charge in [-0.25, -0.2) is 4.39 Å². The molecule has 0 bridgehead atoms. The molecule has 1 aliphatic heterocycles. The van der Waals surface area contributed by atoms with Crippen molar-refractivity contribution in [1.82, 2.24) is 4.90 Å². The van der Waals surface area contributed by atoms with Crippen LogP contribution in [0.15, 0.2) is 36.4 Å². The molecular weight excluding hydrogens is 341 g/mol. The van der Waals surface area contributed by atoms with Crippen LogP contribution in [0.5, 0.6) is 11.5 Å². The molecule has 1 atom stereocenters. The van der Waals surface area contributed by atoms with Gasteiger partial charge in [-0.2, -0.15) is 0 Å². The van der Waals surface area contributed by atoms with Gasteiger partial charge in [0.25, 0.3) is 5.91 Å². The topological polar surface area (TPSA) is 38.8 Å². The van der Waals surface area contributed by atoms with E-state index in [2.05, 4.69) is 0 Å². The number of nitrogens with zero attached hydrogens (tertiary/aromatic N) is 1. The Kier molecular flexibility index (Phi) is 5.18. The van der Waals surface area contributed by atoms with Crippen LogP contribution in [-0.2, 0) is 0 Å². The van der Waals surface area contributed by atoms with Crippen LogP contribution in [0, 0.1) is 12.7 Å². The molecule has 1 fully saturated rings. The maximum Gasteiger partial charge on any atom is 0.255 e. The van der Waals surface area contributed by atoms with Crippen molar-refractivity contribution in [2.45, 2.75) is 12.3 Å². The van der Waals surface area contributed by atoms with Gasteiger partial charge in [0.05, 0.1) is 14.2 Å². The second-order valence-corrected chi connectivity index (χ2v) is 6.98. The number of carbonyl (C=O) groups excluding carboxylic acids is 1. The third kappa shape index (κ3) is 3.44. The van der Waals surface area contributed by atoms with Crippen LogP contribution in [0.3, 0.4) is 0 Å². The minimum Gasteiger partial charge on any atom is -0.497 e. The number of halogens is 1. The fourth-order valence-corrected chi connectivity index (χ4v) is 4.13. The van der Waals surface area contributed by atoms with Gasteiger partial charge in [0.1, 0.15) is 22.7 Å². The van der Waals surface area contributed by atoms with Gasteiger partial charge < -0.3 is 14.4 Å². The van der Waals surface area contributed by atoms with Crippen LogP contribution in [0.4, 0.5) is 4.39 Å². The quantitative estimate of drug-likeness (QED) is 0.824. The number of benzene rings is 2. The minimum absolute atomic E-state index is 0.182. The highest BCUT2D eigenvalue weighted by molar-refractivity contribution is 7.99. The number of amides is 1. The van der Waals surface area contributed by atoms with E-state index < -0.39 is 0 Å². The molecule has 0 N–H and O–H groups in total. The smallest absolute Gasteiger partial charge is 0.255 e. The molecule has 1 amide bonds. The predicted octanol–water partition coefficient (Wildman–Crippen LogP) is 4.04. The van der Waals surface area contributed by atoms with Gasteiger partial charge in [-0.3, -0.25) is 4.79 Å². The lowest BCUT2D eigenvalue weighted by Crippen LogP contribution is -2.30. The number of aryl methyl sites for hydroxylation is 1. The van der Waals surface area contributed by atoms with E-state index in [1.807, 2.05) is 18.2 Å². The summed E-state index contributed by atoms with van der Waals surface area (Å²) >= 11 is 1.66. The van der Waals surface area contributed by atoms with E-state index in [0.717, 1.165) is 11.3 Å². The van der Waals surface area contributed by atoms with Gasteiger partial charge in [-0.1, -0.05) is 6.07 Å². The number of hydrogen-bond donors (Lipinski definition) is 0. The third-order valence-corrected chi connectivity index (χ3v) is 5.52.